The molecule has 7 heteroatoms. The topological polar surface area (TPSA) is 94.0 Å². The van der Waals surface area contributed by atoms with Crippen molar-refractivity contribution in [3.8, 4) is 5.75 Å². The summed E-state index contributed by atoms with van der Waals surface area (Å²) in [6.07, 6.45) is 3.85. The molecule has 2 N–H and O–H groups in total. The molecule has 2 heterocycles. The summed E-state index contributed by atoms with van der Waals surface area (Å²) in [5.41, 5.74) is 2.52. The SMILES string of the molecule is Cc1cc(O)c(C(O)=C2C(=O)C(=O)N(CCCN(C)C)[C@H]2c2ccncc2)cc1C. The minimum Gasteiger partial charge on any atom is -0.507 e. The van der Waals surface area contributed by atoms with E-state index < -0.39 is 17.7 Å². The molecule has 1 amide bonds. The second kappa shape index (κ2) is 8.67. The third kappa shape index (κ3) is 4.07. The van der Waals surface area contributed by atoms with Gasteiger partial charge in [-0.25, -0.2) is 0 Å². The van der Waals surface area contributed by atoms with E-state index in [1.54, 1.807) is 36.7 Å². The molecule has 3 rings (SSSR count). The number of Topliss-reactive ketones (excluding diaryl/α,β-unsaturated/α-hetero) is 1. The number of phenolic OH excluding ortho intramolecular Hbond substituents is 1. The van der Waals surface area contributed by atoms with Gasteiger partial charge in [0.05, 0.1) is 17.2 Å². The highest BCUT2D eigenvalue weighted by molar-refractivity contribution is 6.46. The number of aliphatic hydroxyl groups excluding tert-OH is 1. The van der Waals surface area contributed by atoms with Gasteiger partial charge < -0.3 is 20.0 Å². The highest BCUT2D eigenvalue weighted by Gasteiger charge is 2.46. The van der Waals surface area contributed by atoms with Crippen molar-refractivity contribution in [3.63, 3.8) is 0 Å². The van der Waals surface area contributed by atoms with Crippen LogP contribution >= 0.6 is 0 Å². The number of benzene rings is 1. The van der Waals surface area contributed by atoms with E-state index >= 15 is 0 Å². The predicted octanol–water partition coefficient (Wildman–Crippen LogP) is 2.78. The maximum absolute atomic E-state index is 13.0. The van der Waals surface area contributed by atoms with Crippen molar-refractivity contribution < 1.29 is 19.8 Å². The van der Waals surface area contributed by atoms with Crippen LogP contribution in [0.5, 0.6) is 5.75 Å². The Morgan fingerprint density at radius 3 is 2.40 bits per heavy atom. The quantitative estimate of drug-likeness (QED) is 0.433. The van der Waals surface area contributed by atoms with E-state index in [0.717, 1.165) is 17.7 Å². The molecule has 0 spiro atoms. The predicted molar refractivity (Wildman–Crippen MR) is 114 cm³/mol. The van der Waals surface area contributed by atoms with Gasteiger partial charge in [0.25, 0.3) is 11.7 Å². The van der Waals surface area contributed by atoms with Crippen molar-refractivity contribution in [1.82, 2.24) is 14.8 Å². The first-order chi connectivity index (χ1) is 14.2. The van der Waals surface area contributed by atoms with Crippen LogP contribution in [0.1, 0.15) is 34.7 Å². The molecule has 0 saturated carbocycles. The molecule has 7 nitrogen and oxygen atoms in total. The van der Waals surface area contributed by atoms with E-state index in [-0.39, 0.29) is 22.6 Å². The minimum atomic E-state index is -0.753. The largest absolute Gasteiger partial charge is 0.507 e. The van der Waals surface area contributed by atoms with E-state index in [0.29, 0.717) is 18.5 Å². The fraction of sp³-hybridized carbons (Fsp3) is 0.348. The minimum absolute atomic E-state index is 0.0189. The lowest BCUT2D eigenvalue weighted by molar-refractivity contribution is -0.139. The number of hydrogen-bond acceptors (Lipinski definition) is 6. The maximum atomic E-state index is 13.0. The zero-order valence-electron chi connectivity index (χ0n) is 17.7. The summed E-state index contributed by atoms with van der Waals surface area (Å²) in [7, 11) is 3.88. The molecule has 1 aromatic heterocycles. The molecule has 0 bridgehead atoms. The molecule has 0 aliphatic carbocycles. The van der Waals surface area contributed by atoms with Gasteiger partial charge in [-0.15, -0.1) is 0 Å². The fourth-order valence-electron chi connectivity index (χ4n) is 3.70. The number of phenols is 1. The number of aryl methyl sites for hydroxylation is 2. The van der Waals surface area contributed by atoms with Gasteiger partial charge in [0.15, 0.2) is 0 Å². The average molecular weight is 409 g/mol. The van der Waals surface area contributed by atoms with Gasteiger partial charge in [-0.2, -0.15) is 0 Å². The molecule has 2 aromatic rings. The smallest absolute Gasteiger partial charge is 0.295 e. The number of likely N-dealkylation sites (tertiary alicyclic amines) is 1. The lowest BCUT2D eigenvalue weighted by Crippen LogP contribution is -2.32. The summed E-state index contributed by atoms with van der Waals surface area (Å²) < 4.78 is 0. The zero-order valence-corrected chi connectivity index (χ0v) is 17.7. The lowest BCUT2D eigenvalue weighted by atomic mass is 9.94. The molecule has 30 heavy (non-hydrogen) atoms. The van der Waals surface area contributed by atoms with Crippen LogP contribution in [0, 0.1) is 13.8 Å². The Labute approximate surface area is 176 Å². The Balaban J connectivity index is 2.13. The Hall–Kier alpha value is -3.19. The van der Waals surface area contributed by atoms with Crippen molar-refractivity contribution >= 4 is 17.4 Å². The number of aromatic nitrogens is 1. The summed E-state index contributed by atoms with van der Waals surface area (Å²) in [5, 5.41) is 21.5. The molecule has 158 valence electrons. The van der Waals surface area contributed by atoms with Crippen LogP contribution in [0.3, 0.4) is 0 Å². The molecular weight excluding hydrogens is 382 g/mol. The highest BCUT2D eigenvalue weighted by atomic mass is 16.3. The molecule has 1 atom stereocenters. The zero-order chi connectivity index (χ0) is 22.0. The molecule has 0 unspecified atom stereocenters. The van der Waals surface area contributed by atoms with Gasteiger partial charge in [0, 0.05) is 18.9 Å². The normalized spacial score (nSPS) is 18.4. The van der Waals surface area contributed by atoms with Gasteiger partial charge in [0.2, 0.25) is 0 Å². The third-order valence-electron chi connectivity index (χ3n) is 5.43. The van der Waals surface area contributed by atoms with E-state index in [1.165, 1.54) is 4.90 Å². The van der Waals surface area contributed by atoms with Crippen LogP contribution < -0.4 is 0 Å². The first-order valence-corrected chi connectivity index (χ1v) is 9.86. The molecule has 0 radical (unpaired) electrons. The summed E-state index contributed by atoms with van der Waals surface area (Å²) in [5.74, 6) is -1.91. The van der Waals surface area contributed by atoms with Crippen LogP contribution in [0.2, 0.25) is 0 Å². The highest BCUT2D eigenvalue weighted by Crippen LogP contribution is 2.41. The van der Waals surface area contributed by atoms with Gasteiger partial charge in [-0.05, 0) is 81.9 Å². The number of pyridine rings is 1. The van der Waals surface area contributed by atoms with Crippen LogP contribution in [0.25, 0.3) is 5.76 Å². The Morgan fingerprint density at radius 1 is 1.13 bits per heavy atom. The second-order valence-electron chi connectivity index (χ2n) is 7.88. The number of ketones is 1. The average Bonchev–Trinajstić information content (AvgIpc) is 2.95. The van der Waals surface area contributed by atoms with Crippen LogP contribution in [0.15, 0.2) is 42.2 Å². The van der Waals surface area contributed by atoms with E-state index in [9.17, 15) is 19.8 Å². The fourth-order valence-corrected chi connectivity index (χ4v) is 3.70. The molecule has 1 fully saturated rings. The van der Waals surface area contributed by atoms with Gasteiger partial charge in [0.1, 0.15) is 11.5 Å². The summed E-state index contributed by atoms with van der Waals surface area (Å²) >= 11 is 0. The molecule has 1 aromatic carbocycles. The molecular formula is C23H27N3O4. The number of hydrogen-bond donors (Lipinski definition) is 2. The monoisotopic (exact) mass is 409 g/mol. The van der Waals surface area contributed by atoms with Crippen LogP contribution in [0.4, 0.5) is 0 Å². The Bertz CT molecular complexity index is 999. The number of carbonyl (C=O) groups is 2. The Kier molecular flexibility index (Phi) is 6.22. The Morgan fingerprint density at radius 2 is 1.77 bits per heavy atom. The second-order valence-corrected chi connectivity index (χ2v) is 7.88. The number of aromatic hydroxyl groups is 1. The summed E-state index contributed by atoms with van der Waals surface area (Å²) in [4.78, 5) is 33.3. The lowest BCUT2D eigenvalue weighted by Gasteiger charge is -2.26. The van der Waals surface area contributed by atoms with Crippen molar-refractivity contribution in [1.29, 1.82) is 0 Å². The van der Waals surface area contributed by atoms with Crippen LogP contribution in [-0.2, 0) is 9.59 Å². The van der Waals surface area contributed by atoms with E-state index in [4.69, 9.17) is 0 Å². The number of aliphatic hydroxyl groups is 1. The van der Waals surface area contributed by atoms with Crippen molar-refractivity contribution in [2.45, 2.75) is 26.3 Å². The van der Waals surface area contributed by atoms with Gasteiger partial charge in [-0.3, -0.25) is 14.6 Å². The van der Waals surface area contributed by atoms with Crippen LogP contribution in [-0.4, -0.2) is 63.9 Å². The van der Waals surface area contributed by atoms with Gasteiger partial charge >= 0.3 is 0 Å². The summed E-state index contributed by atoms with van der Waals surface area (Å²) in [6.45, 7) is 4.82. The molecule has 1 saturated heterocycles. The standard InChI is InChI=1S/C23H27N3O4/c1-14-12-17(18(27)13-15(14)2)21(28)19-20(16-6-8-24-9-7-16)26(23(30)22(19)29)11-5-10-25(3)4/h6-9,12-13,20,27-28H,5,10-11H2,1-4H3/t20-/m0/s1. The van der Waals surface area contributed by atoms with Crippen molar-refractivity contribution in [2.75, 3.05) is 27.2 Å². The molecule has 1 aliphatic heterocycles. The van der Waals surface area contributed by atoms with E-state index in [1.807, 2.05) is 32.8 Å². The number of carbonyl (C=O) groups excluding carboxylic acids is 2. The third-order valence-corrected chi connectivity index (χ3v) is 5.43. The first-order valence-electron chi connectivity index (χ1n) is 9.86. The number of nitrogens with zero attached hydrogens (tertiary/aromatic N) is 3. The first kappa shape index (κ1) is 21.5. The van der Waals surface area contributed by atoms with Crippen molar-refractivity contribution in [2.24, 2.45) is 0 Å². The van der Waals surface area contributed by atoms with Crippen molar-refractivity contribution in [3.05, 3.63) is 64.5 Å². The number of amides is 1. The molecule has 1 aliphatic rings. The summed E-state index contributed by atoms with van der Waals surface area (Å²) in [6, 6.07) is 5.88. The maximum Gasteiger partial charge on any atom is 0.295 e. The number of rotatable bonds is 6. The van der Waals surface area contributed by atoms with Gasteiger partial charge in [-0.1, -0.05) is 0 Å². The van der Waals surface area contributed by atoms with E-state index in [2.05, 4.69) is 4.98 Å².